The number of halogens is 1. The number of thiazole rings is 1. The number of rotatable bonds is 6. The van der Waals surface area contributed by atoms with Gasteiger partial charge in [-0.15, -0.1) is 0 Å². The average molecular weight is 420 g/mol. The number of non-ortho nitro benzene ring substituents is 1. The molecule has 1 N–H and O–H groups in total. The summed E-state index contributed by atoms with van der Waals surface area (Å²) in [5.74, 6) is -0.397. The van der Waals surface area contributed by atoms with Crippen LogP contribution >= 0.6 is 22.9 Å². The van der Waals surface area contributed by atoms with Gasteiger partial charge >= 0.3 is 0 Å². The molecule has 0 spiro atoms. The Morgan fingerprint density at radius 1 is 1.29 bits per heavy atom. The molecule has 0 fully saturated rings. The summed E-state index contributed by atoms with van der Waals surface area (Å²) in [5, 5.41) is 11.8. The number of aromatic nitrogens is 1. The highest BCUT2D eigenvalue weighted by Crippen LogP contribution is 2.32. The summed E-state index contributed by atoms with van der Waals surface area (Å²) in [7, 11) is 3.98. The molecule has 7 nitrogen and oxygen atoms in total. The van der Waals surface area contributed by atoms with Gasteiger partial charge < -0.3 is 4.90 Å². The minimum absolute atomic E-state index is 0.0973. The van der Waals surface area contributed by atoms with Crippen LogP contribution in [0.2, 0.25) is 5.02 Å². The first-order valence-corrected chi connectivity index (χ1v) is 9.87. The fourth-order valence-corrected chi connectivity index (χ4v) is 3.98. The molecule has 0 unspecified atom stereocenters. The lowest BCUT2D eigenvalue weighted by Crippen LogP contribution is -3.06. The molecule has 2 aromatic carbocycles. The lowest BCUT2D eigenvalue weighted by Gasteiger charge is -2.21. The maximum atomic E-state index is 13.3. The van der Waals surface area contributed by atoms with Gasteiger partial charge in [-0.05, 0) is 30.7 Å². The SMILES string of the molecule is Cc1ccc2nc(N(CC[NH+](C)C)C(=O)c3cc([N+](=O)[O-])ccc3Cl)sc2c1. The van der Waals surface area contributed by atoms with Crippen molar-refractivity contribution in [3.63, 3.8) is 0 Å². The number of hydrogen-bond donors (Lipinski definition) is 1. The van der Waals surface area contributed by atoms with Gasteiger partial charge in [-0.3, -0.25) is 19.8 Å². The van der Waals surface area contributed by atoms with Crippen LogP contribution in [0.15, 0.2) is 36.4 Å². The second-order valence-electron chi connectivity index (χ2n) is 6.80. The normalized spacial score (nSPS) is 11.2. The number of quaternary nitrogens is 1. The van der Waals surface area contributed by atoms with Crippen molar-refractivity contribution in [2.45, 2.75) is 6.92 Å². The van der Waals surface area contributed by atoms with Crippen LogP contribution in [0.1, 0.15) is 15.9 Å². The summed E-state index contributed by atoms with van der Waals surface area (Å²) >= 11 is 7.62. The number of nitrogens with one attached hydrogen (secondary N) is 1. The monoisotopic (exact) mass is 419 g/mol. The van der Waals surface area contributed by atoms with Gasteiger partial charge in [0.25, 0.3) is 11.6 Å². The second kappa shape index (κ2) is 8.22. The second-order valence-corrected chi connectivity index (χ2v) is 8.22. The molecule has 0 aliphatic carbocycles. The van der Waals surface area contributed by atoms with E-state index in [1.165, 1.54) is 34.4 Å². The number of aryl methyl sites for hydroxylation is 1. The van der Waals surface area contributed by atoms with Crippen LogP contribution in [-0.4, -0.2) is 43.0 Å². The molecule has 146 valence electrons. The summed E-state index contributed by atoms with van der Waals surface area (Å²) in [4.78, 5) is 31.2. The molecule has 0 aliphatic heterocycles. The molecule has 1 amide bonds. The van der Waals surface area contributed by atoms with Crippen molar-refractivity contribution in [3.8, 4) is 0 Å². The number of amides is 1. The van der Waals surface area contributed by atoms with Crippen molar-refractivity contribution in [1.29, 1.82) is 0 Å². The number of nitrogens with zero attached hydrogens (tertiary/aromatic N) is 3. The van der Waals surface area contributed by atoms with Crippen LogP contribution in [0.25, 0.3) is 10.2 Å². The Morgan fingerprint density at radius 2 is 2.04 bits per heavy atom. The smallest absolute Gasteiger partial charge is 0.270 e. The topological polar surface area (TPSA) is 80.8 Å². The van der Waals surface area contributed by atoms with E-state index in [1.807, 2.05) is 39.2 Å². The van der Waals surface area contributed by atoms with Crippen LogP contribution in [0.3, 0.4) is 0 Å². The number of anilines is 1. The predicted molar refractivity (Wildman–Crippen MR) is 112 cm³/mol. The molecule has 0 saturated heterocycles. The largest absolute Gasteiger partial charge is 0.338 e. The number of carbonyl (C=O) groups is 1. The highest BCUT2D eigenvalue weighted by atomic mass is 35.5. The Labute approximate surface area is 171 Å². The van der Waals surface area contributed by atoms with E-state index in [4.69, 9.17) is 11.6 Å². The number of likely N-dealkylation sites (N-methyl/N-ethyl adjacent to an activating group) is 1. The van der Waals surface area contributed by atoms with Gasteiger partial charge in [-0.2, -0.15) is 0 Å². The molecule has 9 heteroatoms. The third-order valence-electron chi connectivity index (χ3n) is 4.24. The Bertz CT molecular complexity index is 1050. The van der Waals surface area contributed by atoms with Crippen LogP contribution < -0.4 is 9.80 Å². The van der Waals surface area contributed by atoms with E-state index in [0.717, 1.165) is 15.8 Å². The maximum absolute atomic E-state index is 13.3. The third kappa shape index (κ3) is 4.30. The van der Waals surface area contributed by atoms with Crippen molar-refractivity contribution < 1.29 is 14.6 Å². The summed E-state index contributed by atoms with van der Waals surface area (Å²) in [6, 6.07) is 9.80. The average Bonchev–Trinajstić information content (AvgIpc) is 3.04. The van der Waals surface area contributed by atoms with E-state index < -0.39 is 10.8 Å². The van der Waals surface area contributed by atoms with E-state index in [0.29, 0.717) is 18.2 Å². The van der Waals surface area contributed by atoms with Gasteiger partial charge in [0.2, 0.25) is 0 Å². The van der Waals surface area contributed by atoms with Crippen molar-refractivity contribution >= 4 is 49.9 Å². The Hall–Kier alpha value is -2.55. The number of hydrogen-bond acceptors (Lipinski definition) is 5. The van der Waals surface area contributed by atoms with Crippen LogP contribution in [-0.2, 0) is 0 Å². The van der Waals surface area contributed by atoms with Gasteiger partial charge in [-0.25, -0.2) is 4.98 Å². The van der Waals surface area contributed by atoms with E-state index in [2.05, 4.69) is 4.98 Å². The van der Waals surface area contributed by atoms with E-state index >= 15 is 0 Å². The lowest BCUT2D eigenvalue weighted by atomic mass is 10.1. The molecule has 0 aliphatic rings. The zero-order chi connectivity index (χ0) is 20.4. The number of nitro groups is 1. The Morgan fingerprint density at radius 3 is 2.71 bits per heavy atom. The lowest BCUT2D eigenvalue weighted by molar-refractivity contribution is -0.856. The summed E-state index contributed by atoms with van der Waals surface area (Å²) in [6.07, 6.45) is 0. The fraction of sp³-hybridized carbons (Fsp3) is 0.263. The summed E-state index contributed by atoms with van der Waals surface area (Å²) in [5.41, 5.74) is 1.84. The number of nitro benzene ring substituents is 1. The van der Waals surface area contributed by atoms with Crippen molar-refractivity contribution in [3.05, 3.63) is 62.7 Å². The molecule has 0 saturated carbocycles. The molecule has 0 radical (unpaired) electrons. The first kappa shape index (κ1) is 20.2. The van der Waals surface area contributed by atoms with Gasteiger partial charge in [0.15, 0.2) is 5.13 Å². The minimum Gasteiger partial charge on any atom is -0.338 e. The zero-order valence-electron chi connectivity index (χ0n) is 15.7. The highest BCUT2D eigenvalue weighted by Gasteiger charge is 2.25. The quantitative estimate of drug-likeness (QED) is 0.492. The summed E-state index contributed by atoms with van der Waals surface area (Å²) < 4.78 is 0.982. The Kier molecular flexibility index (Phi) is 5.93. The van der Waals surface area contributed by atoms with Crippen molar-refractivity contribution in [2.75, 3.05) is 32.1 Å². The first-order chi connectivity index (χ1) is 13.3. The number of fused-ring (bicyclic) bond motifs is 1. The number of carbonyl (C=O) groups excluding carboxylic acids is 1. The first-order valence-electron chi connectivity index (χ1n) is 8.68. The Balaban J connectivity index is 2.05. The molecule has 1 aromatic heterocycles. The molecule has 3 aromatic rings. The van der Waals surface area contributed by atoms with E-state index in [1.54, 1.807) is 4.90 Å². The molecular weight excluding hydrogens is 400 g/mol. The zero-order valence-corrected chi connectivity index (χ0v) is 17.3. The van der Waals surface area contributed by atoms with Crippen LogP contribution in [0, 0.1) is 17.0 Å². The van der Waals surface area contributed by atoms with E-state index in [9.17, 15) is 14.9 Å². The van der Waals surface area contributed by atoms with Crippen LogP contribution in [0.5, 0.6) is 0 Å². The minimum atomic E-state index is -0.540. The maximum Gasteiger partial charge on any atom is 0.270 e. The van der Waals surface area contributed by atoms with Crippen molar-refractivity contribution in [1.82, 2.24) is 4.98 Å². The van der Waals surface area contributed by atoms with Gasteiger partial charge in [0, 0.05) is 12.1 Å². The highest BCUT2D eigenvalue weighted by molar-refractivity contribution is 7.22. The molecule has 1 heterocycles. The van der Waals surface area contributed by atoms with E-state index in [-0.39, 0.29) is 16.3 Å². The van der Waals surface area contributed by atoms with Crippen molar-refractivity contribution in [2.24, 2.45) is 0 Å². The van der Waals surface area contributed by atoms with Gasteiger partial charge in [-0.1, -0.05) is 29.0 Å². The molecule has 0 bridgehead atoms. The van der Waals surface area contributed by atoms with Gasteiger partial charge in [0.05, 0.1) is 52.9 Å². The van der Waals surface area contributed by atoms with Crippen LogP contribution in [0.4, 0.5) is 10.8 Å². The molecule has 28 heavy (non-hydrogen) atoms. The number of benzene rings is 2. The molecule has 0 atom stereocenters. The van der Waals surface area contributed by atoms with Gasteiger partial charge in [0.1, 0.15) is 0 Å². The molecule has 3 rings (SSSR count). The fourth-order valence-electron chi connectivity index (χ4n) is 2.69. The molecular formula is C19H20ClN4O3S+. The third-order valence-corrected chi connectivity index (χ3v) is 5.61. The standard InChI is InChI=1S/C19H19ClN4O3S/c1-12-4-7-16-17(10-12)28-19(21-16)23(9-8-22(2)3)18(25)14-11-13(24(26)27)5-6-15(14)20/h4-7,10-11H,8-9H2,1-3H3/p+1. The summed E-state index contributed by atoms with van der Waals surface area (Å²) in [6.45, 7) is 3.10. The predicted octanol–water partition coefficient (Wildman–Crippen LogP) is 2.96.